The zero-order chi connectivity index (χ0) is 30.4. The van der Waals surface area contributed by atoms with Crippen molar-refractivity contribution in [2.75, 3.05) is 29.9 Å². The molecule has 0 atom stereocenters. The summed E-state index contributed by atoms with van der Waals surface area (Å²) in [6.45, 7) is 4.60. The fraction of sp³-hybridized carbons (Fsp3) is 0.207. The minimum Gasteiger partial charge on any atom is -0.372 e. The van der Waals surface area contributed by atoms with Crippen LogP contribution < -0.4 is 10.2 Å². The van der Waals surface area contributed by atoms with Gasteiger partial charge in [-0.3, -0.25) is 29.4 Å². The van der Waals surface area contributed by atoms with Crippen LogP contribution in [0.1, 0.15) is 52.1 Å². The topological polar surface area (TPSA) is 185 Å². The highest BCUT2D eigenvalue weighted by Crippen LogP contribution is 2.34. The first-order valence-electron chi connectivity index (χ1n) is 12.8. The molecule has 3 aromatic rings. The Hall–Kier alpha value is -5.95. The third kappa shape index (κ3) is 5.95. The predicted molar refractivity (Wildman–Crippen MR) is 152 cm³/mol. The Morgan fingerprint density at radius 1 is 1.02 bits per heavy atom. The Labute approximate surface area is 240 Å². The zero-order valence-corrected chi connectivity index (χ0v) is 22.7. The summed E-state index contributed by atoms with van der Waals surface area (Å²) >= 11 is 0. The first-order valence-corrected chi connectivity index (χ1v) is 12.8. The van der Waals surface area contributed by atoms with Gasteiger partial charge >= 0.3 is 0 Å². The molecule has 0 bridgehead atoms. The van der Waals surface area contributed by atoms with Gasteiger partial charge in [-0.2, -0.15) is 10.5 Å². The minimum atomic E-state index is -0.713. The molecule has 0 fully saturated rings. The van der Waals surface area contributed by atoms with Gasteiger partial charge in [0.15, 0.2) is 0 Å². The number of carbonyl (C=O) groups excluding carboxylic acids is 3. The van der Waals surface area contributed by atoms with Gasteiger partial charge in [0.25, 0.3) is 17.5 Å². The van der Waals surface area contributed by atoms with Gasteiger partial charge in [0.1, 0.15) is 23.5 Å². The molecule has 0 radical (unpaired) electrons. The number of hydrogen-bond acceptors (Lipinski definition) is 10. The number of fused-ring (bicyclic) bond motifs is 1. The number of amides is 3. The van der Waals surface area contributed by atoms with Crippen LogP contribution in [0.4, 0.5) is 28.4 Å². The molecular weight excluding hydrogens is 540 g/mol. The molecule has 210 valence electrons. The molecule has 13 nitrogen and oxygen atoms in total. The minimum absolute atomic E-state index is 0.133. The largest absolute Gasteiger partial charge is 0.372 e. The lowest BCUT2D eigenvalue weighted by Crippen LogP contribution is -2.33. The molecule has 0 unspecified atom stereocenters. The quantitative estimate of drug-likeness (QED) is 0.150. The number of imide groups is 1. The van der Waals surface area contributed by atoms with Crippen LogP contribution in [0.15, 0.2) is 64.8 Å². The summed E-state index contributed by atoms with van der Waals surface area (Å²) in [5, 5.41) is 41.0. The number of benzene rings is 3. The van der Waals surface area contributed by atoms with Crippen molar-refractivity contribution < 1.29 is 19.3 Å². The molecular formula is C29H24N8O5. The number of nitro groups is 1. The highest BCUT2D eigenvalue weighted by Gasteiger charge is 2.34. The van der Waals surface area contributed by atoms with E-state index in [9.17, 15) is 35.0 Å². The van der Waals surface area contributed by atoms with Crippen molar-refractivity contribution in [1.29, 1.82) is 10.5 Å². The van der Waals surface area contributed by atoms with Crippen LogP contribution in [0, 0.1) is 32.8 Å². The van der Waals surface area contributed by atoms with E-state index in [0.29, 0.717) is 36.3 Å². The Kier molecular flexibility index (Phi) is 8.63. The van der Waals surface area contributed by atoms with Crippen molar-refractivity contribution in [3.63, 3.8) is 0 Å². The van der Waals surface area contributed by atoms with Crippen molar-refractivity contribution in [2.24, 2.45) is 10.2 Å². The van der Waals surface area contributed by atoms with E-state index in [1.54, 1.807) is 54.6 Å². The van der Waals surface area contributed by atoms with E-state index in [1.807, 2.05) is 11.8 Å². The zero-order valence-electron chi connectivity index (χ0n) is 22.7. The number of rotatable bonds is 10. The predicted octanol–water partition coefficient (Wildman–Crippen LogP) is 5.22. The second kappa shape index (κ2) is 12.5. The van der Waals surface area contributed by atoms with Gasteiger partial charge in [-0.05, 0) is 43.7 Å². The van der Waals surface area contributed by atoms with E-state index in [4.69, 9.17) is 0 Å². The van der Waals surface area contributed by atoms with Crippen LogP contribution in [0.25, 0.3) is 0 Å². The lowest BCUT2D eigenvalue weighted by Gasteiger charge is -2.25. The summed E-state index contributed by atoms with van der Waals surface area (Å²) in [5.41, 5.74) is 1.11. The third-order valence-electron chi connectivity index (χ3n) is 6.53. The molecule has 0 saturated heterocycles. The van der Waals surface area contributed by atoms with E-state index in [1.165, 1.54) is 11.8 Å². The number of nitro benzene ring substituents is 1. The molecule has 0 spiro atoms. The Morgan fingerprint density at radius 3 is 2.17 bits per heavy atom. The first kappa shape index (κ1) is 29.0. The van der Waals surface area contributed by atoms with Crippen LogP contribution in [0.3, 0.4) is 0 Å². The molecule has 1 N–H and O–H groups in total. The lowest BCUT2D eigenvalue weighted by atomic mass is 10.1. The molecule has 42 heavy (non-hydrogen) atoms. The summed E-state index contributed by atoms with van der Waals surface area (Å²) in [6.07, 6.45) is 0.504. The molecule has 0 aliphatic carbocycles. The fourth-order valence-corrected chi connectivity index (χ4v) is 4.54. The number of anilines is 2. The lowest BCUT2D eigenvalue weighted by molar-refractivity contribution is -0.384. The van der Waals surface area contributed by atoms with Crippen molar-refractivity contribution in [3.05, 3.63) is 87.0 Å². The summed E-state index contributed by atoms with van der Waals surface area (Å²) in [5.74, 6) is -0.995. The summed E-state index contributed by atoms with van der Waals surface area (Å²) < 4.78 is 0. The second-order valence-corrected chi connectivity index (χ2v) is 9.19. The average molecular weight is 565 g/mol. The Bertz CT molecular complexity index is 1650. The molecule has 1 heterocycles. The van der Waals surface area contributed by atoms with Gasteiger partial charge in [-0.1, -0.05) is 12.1 Å². The van der Waals surface area contributed by atoms with E-state index in [2.05, 4.69) is 15.5 Å². The second-order valence-electron chi connectivity index (χ2n) is 9.19. The Balaban J connectivity index is 1.55. The van der Waals surface area contributed by atoms with Gasteiger partial charge in [0, 0.05) is 44.4 Å². The maximum Gasteiger partial charge on any atom is 0.272 e. The van der Waals surface area contributed by atoms with Crippen LogP contribution in [0.2, 0.25) is 0 Å². The monoisotopic (exact) mass is 564 g/mol. The van der Waals surface area contributed by atoms with Crippen LogP contribution in [-0.4, -0.2) is 47.2 Å². The number of hydrogen-bond donors (Lipinski definition) is 1. The van der Waals surface area contributed by atoms with Gasteiger partial charge in [-0.15, -0.1) is 10.2 Å². The molecule has 1 aliphatic rings. The van der Waals surface area contributed by atoms with Crippen molar-refractivity contribution in [2.45, 2.75) is 20.3 Å². The molecule has 1 aliphatic heterocycles. The van der Waals surface area contributed by atoms with Crippen molar-refractivity contribution >= 4 is 46.2 Å². The van der Waals surface area contributed by atoms with Gasteiger partial charge in [0.05, 0.1) is 32.9 Å². The fourth-order valence-electron chi connectivity index (χ4n) is 4.54. The van der Waals surface area contributed by atoms with Crippen molar-refractivity contribution in [1.82, 2.24) is 4.90 Å². The normalized spacial score (nSPS) is 12.1. The van der Waals surface area contributed by atoms with Gasteiger partial charge in [-0.25, -0.2) is 0 Å². The smallest absolute Gasteiger partial charge is 0.272 e. The maximum atomic E-state index is 12.7. The average Bonchev–Trinajstić information content (AvgIpc) is 3.22. The highest BCUT2D eigenvalue weighted by atomic mass is 16.6. The van der Waals surface area contributed by atoms with E-state index < -0.39 is 10.6 Å². The number of nitrogens with zero attached hydrogens (tertiary/aromatic N) is 7. The van der Waals surface area contributed by atoms with Crippen LogP contribution >= 0.6 is 0 Å². The van der Waals surface area contributed by atoms with E-state index >= 15 is 0 Å². The number of carbonyl (C=O) groups is 3. The van der Waals surface area contributed by atoms with Crippen LogP contribution in [0.5, 0.6) is 0 Å². The summed E-state index contributed by atoms with van der Waals surface area (Å²) in [7, 11) is 0. The summed E-state index contributed by atoms with van der Waals surface area (Å²) in [6, 6.07) is 17.4. The van der Waals surface area contributed by atoms with Crippen LogP contribution in [-0.2, 0) is 4.79 Å². The highest BCUT2D eigenvalue weighted by molar-refractivity contribution is 6.21. The number of non-ortho nitro benzene ring substituents is 1. The third-order valence-corrected chi connectivity index (χ3v) is 6.53. The molecule has 3 aromatic carbocycles. The van der Waals surface area contributed by atoms with Gasteiger partial charge < -0.3 is 10.2 Å². The molecule has 3 amide bonds. The number of nitriles is 2. The standard InChI is InChI=1S/C29H24N8O5/c1-3-35(11-6-12-36-28(39)23-7-4-5-8-24(23)29(36)40)21-9-10-25(26(15-21)32-18(2)38)33-34-27-19(16-30)13-22(37(41)42)14-20(27)17-31/h4-5,7-10,13-15H,3,6,11-12H2,1-2H3,(H,32,38). The van der Waals surface area contributed by atoms with E-state index in [-0.39, 0.29) is 46.8 Å². The maximum absolute atomic E-state index is 12.7. The first-order chi connectivity index (χ1) is 20.2. The SMILES string of the molecule is CCN(CCCN1C(=O)c2ccccc2C1=O)c1ccc(N=Nc2c(C#N)cc([N+](=O)[O-])cc2C#N)c(NC(C)=O)c1. The van der Waals surface area contributed by atoms with E-state index in [0.717, 1.165) is 17.8 Å². The molecule has 0 saturated carbocycles. The number of nitrogens with one attached hydrogen (secondary N) is 1. The number of azo groups is 1. The van der Waals surface area contributed by atoms with Crippen molar-refractivity contribution in [3.8, 4) is 12.1 Å². The Morgan fingerprint density at radius 2 is 1.64 bits per heavy atom. The molecule has 0 aromatic heterocycles. The molecule has 4 rings (SSSR count). The molecule has 13 heteroatoms. The summed E-state index contributed by atoms with van der Waals surface area (Å²) in [4.78, 5) is 51.0. The van der Waals surface area contributed by atoms with Gasteiger partial charge in [0.2, 0.25) is 5.91 Å².